The zero-order chi connectivity index (χ0) is 19.6. The molecule has 8 heteroatoms. The quantitative estimate of drug-likeness (QED) is 0.234. The minimum Gasteiger partial charge on any atom is -0.480 e. The summed E-state index contributed by atoms with van der Waals surface area (Å²) in [4.78, 5) is 27.1. The second-order valence-corrected chi connectivity index (χ2v) is 6.15. The summed E-state index contributed by atoms with van der Waals surface area (Å²) in [6, 6.07) is 13.0. The smallest absolute Gasteiger partial charge is 0.326 e. The van der Waals surface area contributed by atoms with Crippen molar-refractivity contribution in [3.63, 3.8) is 0 Å². The van der Waals surface area contributed by atoms with Gasteiger partial charge < -0.3 is 27.2 Å². The van der Waals surface area contributed by atoms with Crippen molar-refractivity contribution in [2.45, 2.75) is 25.4 Å². The summed E-state index contributed by atoms with van der Waals surface area (Å²) in [5.74, 6) is -1.49. The summed E-state index contributed by atoms with van der Waals surface area (Å²) in [5, 5.41) is 17.1. The van der Waals surface area contributed by atoms with Gasteiger partial charge in [0.25, 0.3) is 0 Å². The molecule has 0 saturated heterocycles. The van der Waals surface area contributed by atoms with Gasteiger partial charge in [-0.3, -0.25) is 9.79 Å². The SMILES string of the molecule is NC(N)=NCCC[C@H](NC(=O)CNCc1cccc2ccccc12)C(=O)O. The van der Waals surface area contributed by atoms with Crippen molar-refractivity contribution in [3.05, 3.63) is 48.0 Å². The molecular weight excluding hydrogens is 346 g/mol. The number of hydrogen-bond acceptors (Lipinski definition) is 4. The van der Waals surface area contributed by atoms with Crippen LogP contribution in [0.15, 0.2) is 47.5 Å². The first-order valence-electron chi connectivity index (χ1n) is 8.72. The van der Waals surface area contributed by atoms with Crippen molar-refractivity contribution < 1.29 is 14.7 Å². The molecule has 0 saturated carbocycles. The largest absolute Gasteiger partial charge is 0.480 e. The maximum atomic E-state index is 12.0. The highest BCUT2D eigenvalue weighted by atomic mass is 16.4. The Morgan fingerprint density at radius 3 is 2.59 bits per heavy atom. The van der Waals surface area contributed by atoms with Gasteiger partial charge in [0.1, 0.15) is 6.04 Å². The number of nitrogens with one attached hydrogen (secondary N) is 2. The Labute approximate surface area is 157 Å². The van der Waals surface area contributed by atoms with E-state index in [0.717, 1.165) is 16.3 Å². The number of nitrogens with two attached hydrogens (primary N) is 2. The Bertz CT molecular complexity index is 813. The van der Waals surface area contributed by atoms with Crippen molar-refractivity contribution in [3.8, 4) is 0 Å². The van der Waals surface area contributed by atoms with Gasteiger partial charge in [0.2, 0.25) is 5.91 Å². The van der Waals surface area contributed by atoms with E-state index >= 15 is 0 Å². The third kappa shape index (κ3) is 6.59. The van der Waals surface area contributed by atoms with Crippen LogP contribution in [0.3, 0.4) is 0 Å². The van der Waals surface area contributed by atoms with Crippen LogP contribution in [0.1, 0.15) is 18.4 Å². The lowest BCUT2D eigenvalue weighted by atomic mass is 10.0. The number of amides is 1. The Morgan fingerprint density at radius 2 is 1.85 bits per heavy atom. The first-order valence-corrected chi connectivity index (χ1v) is 8.72. The van der Waals surface area contributed by atoms with Crippen LogP contribution in [-0.4, -0.2) is 42.1 Å². The lowest BCUT2D eigenvalue weighted by molar-refractivity contribution is -0.141. The molecule has 1 atom stereocenters. The number of carbonyl (C=O) groups excluding carboxylic acids is 1. The van der Waals surface area contributed by atoms with Crippen LogP contribution in [0.25, 0.3) is 10.8 Å². The fraction of sp³-hybridized carbons (Fsp3) is 0.316. The van der Waals surface area contributed by atoms with Gasteiger partial charge in [-0.25, -0.2) is 4.79 Å². The van der Waals surface area contributed by atoms with Crippen LogP contribution >= 0.6 is 0 Å². The Morgan fingerprint density at radius 1 is 1.11 bits per heavy atom. The fourth-order valence-electron chi connectivity index (χ4n) is 2.76. The van der Waals surface area contributed by atoms with Gasteiger partial charge in [0.15, 0.2) is 5.96 Å². The highest BCUT2D eigenvalue weighted by Crippen LogP contribution is 2.18. The molecule has 0 heterocycles. The number of carboxylic acids is 1. The number of aliphatic carboxylic acids is 1. The lowest BCUT2D eigenvalue weighted by Gasteiger charge is -2.14. The van der Waals surface area contributed by atoms with Crippen molar-refractivity contribution >= 4 is 28.6 Å². The predicted octanol–water partition coefficient (Wildman–Crippen LogP) is 0.552. The molecule has 0 aliphatic heterocycles. The van der Waals surface area contributed by atoms with Gasteiger partial charge in [0.05, 0.1) is 6.54 Å². The van der Waals surface area contributed by atoms with Gasteiger partial charge in [-0.15, -0.1) is 0 Å². The number of aliphatic imine (C=N–C) groups is 1. The first kappa shape index (κ1) is 20.2. The minimum absolute atomic E-state index is 0.0287. The second-order valence-electron chi connectivity index (χ2n) is 6.15. The highest BCUT2D eigenvalue weighted by molar-refractivity contribution is 5.86. The Balaban J connectivity index is 1.81. The van der Waals surface area contributed by atoms with Crippen LogP contribution in [0, 0.1) is 0 Å². The van der Waals surface area contributed by atoms with E-state index in [0.29, 0.717) is 19.5 Å². The van der Waals surface area contributed by atoms with Crippen LogP contribution in [0.5, 0.6) is 0 Å². The van der Waals surface area contributed by atoms with Crippen LogP contribution < -0.4 is 22.1 Å². The summed E-state index contributed by atoms with van der Waals surface area (Å²) in [7, 11) is 0. The third-order valence-electron chi connectivity index (χ3n) is 4.06. The number of hydrogen-bond donors (Lipinski definition) is 5. The van der Waals surface area contributed by atoms with Gasteiger partial charge in [0, 0.05) is 13.1 Å². The average Bonchev–Trinajstić information content (AvgIpc) is 2.64. The molecule has 0 radical (unpaired) electrons. The zero-order valence-corrected chi connectivity index (χ0v) is 15.0. The van der Waals surface area contributed by atoms with Crippen LogP contribution in [-0.2, 0) is 16.1 Å². The fourth-order valence-corrected chi connectivity index (χ4v) is 2.76. The van der Waals surface area contributed by atoms with E-state index in [1.807, 2.05) is 42.5 Å². The molecule has 2 aromatic carbocycles. The molecule has 0 bridgehead atoms. The van der Waals surface area contributed by atoms with Crippen LogP contribution in [0.2, 0.25) is 0 Å². The molecule has 0 spiro atoms. The number of carboxylic acid groups (broad SMARTS) is 1. The Hall–Kier alpha value is -3.13. The van der Waals surface area contributed by atoms with Gasteiger partial charge >= 0.3 is 5.97 Å². The highest BCUT2D eigenvalue weighted by Gasteiger charge is 2.19. The maximum absolute atomic E-state index is 12.0. The van der Waals surface area contributed by atoms with Crippen molar-refractivity contribution in [1.82, 2.24) is 10.6 Å². The molecule has 2 aromatic rings. The summed E-state index contributed by atoms with van der Waals surface area (Å²) >= 11 is 0. The summed E-state index contributed by atoms with van der Waals surface area (Å²) in [6.07, 6.45) is 0.708. The number of nitrogens with zero attached hydrogens (tertiary/aromatic N) is 1. The molecule has 2 rings (SSSR count). The number of benzene rings is 2. The molecule has 0 unspecified atom stereocenters. The van der Waals surface area contributed by atoms with E-state index in [9.17, 15) is 14.7 Å². The van der Waals surface area contributed by atoms with Gasteiger partial charge in [-0.05, 0) is 29.2 Å². The van der Waals surface area contributed by atoms with Gasteiger partial charge in [-0.1, -0.05) is 42.5 Å². The molecule has 144 valence electrons. The summed E-state index contributed by atoms with van der Waals surface area (Å²) in [6.45, 7) is 0.860. The van der Waals surface area contributed by atoms with Gasteiger partial charge in [-0.2, -0.15) is 0 Å². The molecule has 7 N–H and O–H groups in total. The minimum atomic E-state index is -1.08. The van der Waals surface area contributed by atoms with Crippen molar-refractivity contribution in [1.29, 1.82) is 0 Å². The monoisotopic (exact) mass is 371 g/mol. The Kier molecular flexibility index (Phi) is 7.57. The normalized spacial score (nSPS) is 11.7. The number of rotatable bonds is 10. The zero-order valence-electron chi connectivity index (χ0n) is 15.0. The molecule has 0 aliphatic carbocycles. The van der Waals surface area contributed by atoms with Crippen molar-refractivity contribution in [2.75, 3.05) is 13.1 Å². The third-order valence-corrected chi connectivity index (χ3v) is 4.06. The van der Waals surface area contributed by atoms with E-state index in [-0.39, 0.29) is 24.8 Å². The average molecular weight is 371 g/mol. The summed E-state index contributed by atoms with van der Waals surface area (Å²) < 4.78 is 0. The molecular formula is C19H25N5O3. The molecule has 27 heavy (non-hydrogen) atoms. The number of carbonyl (C=O) groups is 2. The predicted molar refractivity (Wildman–Crippen MR) is 105 cm³/mol. The molecule has 0 aromatic heterocycles. The lowest BCUT2D eigenvalue weighted by Crippen LogP contribution is -2.44. The number of fused-ring (bicyclic) bond motifs is 1. The van der Waals surface area contributed by atoms with E-state index < -0.39 is 12.0 Å². The van der Waals surface area contributed by atoms with E-state index in [4.69, 9.17) is 11.5 Å². The van der Waals surface area contributed by atoms with Crippen molar-refractivity contribution in [2.24, 2.45) is 16.5 Å². The summed E-state index contributed by atoms with van der Waals surface area (Å²) in [5.41, 5.74) is 11.5. The van der Waals surface area contributed by atoms with E-state index in [2.05, 4.69) is 15.6 Å². The maximum Gasteiger partial charge on any atom is 0.326 e. The topological polar surface area (TPSA) is 143 Å². The molecule has 0 fully saturated rings. The van der Waals surface area contributed by atoms with Crippen LogP contribution in [0.4, 0.5) is 0 Å². The second kappa shape index (κ2) is 10.1. The molecule has 1 amide bonds. The first-order chi connectivity index (χ1) is 13.0. The standard InChI is InChI=1S/C19H25N5O3/c20-19(21)23-10-4-9-16(18(26)27)24-17(25)12-22-11-14-7-3-6-13-5-1-2-8-15(13)14/h1-3,5-8,16,22H,4,9-12H2,(H,24,25)(H,26,27)(H4,20,21,23)/t16-/m0/s1. The van der Waals surface area contributed by atoms with E-state index in [1.54, 1.807) is 0 Å². The van der Waals surface area contributed by atoms with E-state index in [1.165, 1.54) is 0 Å². The number of guanidine groups is 1. The molecule has 0 aliphatic rings. The molecule has 8 nitrogen and oxygen atoms in total.